The number of carbonyl (C=O) groups excluding carboxylic acids is 3. The van der Waals surface area contributed by atoms with Crippen molar-refractivity contribution in [2.24, 2.45) is 11.8 Å². The molecule has 0 radical (unpaired) electrons. The Hall–Kier alpha value is -2.97. The van der Waals surface area contributed by atoms with Crippen molar-refractivity contribution in [3.05, 3.63) is 77.6 Å². The summed E-state index contributed by atoms with van der Waals surface area (Å²) in [5, 5.41) is 0. The topological polar surface area (TPSA) is 54.5 Å². The number of fused-ring (bicyclic) bond motifs is 1. The first kappa shape index (κ1) is 26.6. The molecule has 1 saturated carbocycles. The number of imide groups is 1. The van der Waals surface area contributed by atoms with Crippen molar-refractivity contribution in [3.63, 3.8) is 0 Å². The van der Waals surface area contributed by atoms with E-state index in [1.807, 2.05) is 25.1 Å². The number of aryl methyl sites for hydroxylation is 1. The highest BCUT2D eigenvalue weighted by Gasteiger charge is 2.41. The first-order chi connectivity index (χ1) is 16.8. The van der Waals surface area contributed by atoms with Crippen molar-refractivity contribution >= 4 is 17.6 Å². The molecule has 0 saturated heterocycles. The van der Waals surface area contributed by atoms with Gasteiger partial charge in [0.25, 0.3) is 11.8 Å². The van der Waals surface area contributed by atoms with Crippen LogP contribution >= 0.6 is 0 Å². The molecule has 0 spiro atoms. The number of allylic oxidation sites excluding steroid dienone is 2. The van der Waals surface area contributed by atoms with Gasteiger partial charge in [-0.15, -0.1) is 5.73 Å². The summed E-state index contributed by atoms with van der Waals surface area (Å²) in [5.41, 5.74) is 6.64. The van der Waals surface area contributed by atoms with Crippen LogP contribution in [-0.4, -0.2) is 28.5 Å². The fourth-order valence-corrected chi connectivity index (χ4v) is 5.52. The molecule has 4 nitrogen and oxygen atoms in total. The fraction of sp³-hybridized carbons (Fsp3) is 0.484. The molecule has 1 aromatic carbocycles. The van der Waals surface area contributed by atoms with Crippen LogP contribution in [0.15, 0.2) is 60.9 Å². The predicted molar refractivity (Wildman–Crippen MR) is 141 cm³/mol. The molecule has 1 fully saturated rings. The van der Waals surface area contributed by atoms with E-state index in [0.717, 1.165) is 36.3 Å². The van der Waals surface area contributed by atoms with E-state index >= 15 is 0 Å². The maximum Gasteiger partial charge on any atom is 0.262 e. The Kier molecular flexibility index (Phi) is 9.23. The maximum atomic E-state index is 13.5. The average molecular weight is 474 g/mol. The van der Waals surface area contributed by atoms with Crippen LogP contribution in [0.2, 0.25) is 0 Å². The van der Waals surface area contributed by atoms with Gasteiger partial charge in [0.1, 0.15) is 5.78 Å². The van der Waals surface area contributed by atoms with Gasteiger partial charge in [-0.1, -0.05) is 69.2 Å². The van der Waals surface area contributed by atoms with Crippen LogP contribution in [0.4, 0.5) is 0 Å². The Balaban J connectivity index is 1.67. The maximum absolute atomic E-state index is 13.5. The summed E-state index contributed by atoms with van der Waals surface area (Å²) in [6, 6.07) is 5.12. The molecular formula is C31H39NO3. The summed E-state index contributed by atoms with van der Waals surface area (Å²) < 4.78 is 0. The van der Waals surface area contributed by atoms with E-state index in [-0.39, 0.29) is 17.6 Å². The van der Waals surface area contributed by atoms with Crippen molar-refractivity contribution in [2.45, 2.75) is 84.1 Å². The van der Waals surface area contributed by atoms with Crippen molar-refractivity contribution in [2.75, 3.05) is 0 Å². The number of carbonyl (C=O) groups is 3. The Labute approximate surface area is 210 Å². The predicted octanol–water partition coefficient (Wildman–Crippen LogP) is 7.01. The lowest BCUT2D eigenvalue weighted by Crippen LogP contribution is -2.40. The summed E-state index contributed by atoms with van der Waals surface area (Å²) in [5.74, 6) is 0.920. The monoisotopic (exact) mass is 473 g/mol. The number of benzene rings is 1. The molecule has 2 amide bonds. The van der Waals surface area contributed by atoms with Gasteiger partial charge in [0.2, 0.25) is 0 Å². The van der Waals surface area contributed by atoms with Gasteiger partial charge in [-0.3, -0.25) is 14.5 Å². The molecule has 2 aliphatic rings. The van der Waals surface area contributed by atoms with Crippen LogP contribution in [0.3, 0.4) is 0 Å². The molecule has 1 aliphatic carbocycles. The van der Waals surface area contributed by atoms with E-state index in [2.05, 4.69) is 25.5 Å². The molecule has 186 valence electrons. The minimum absolute atomic E-state index is 0.0320. The van der Waals surface area contributed by atoms with E-state index < -0.39 is 6.04 Å². The van der Waals surface area contributed by atoms with Crippen LogP contribution in [0.1, 0.15) is 97.9 Å². The third-order valence-electron chi connectivity index (χ3n) is 7.84. The van der Waals surface area contributed by atoms with Crippen LogP contribution in [0, 0.1) is 11.8 Å². The number of rotatable bonds is 12. The molecule has 1 heterocycles. The minimum Gasteiger partial charge on any atom is -0.300 e. The van der Waals surface area contributed by atoms with Gasteiger partial charge >= 0.3 is 0 Å². The number of amides is 2. The van der Waals surface area contributed by atoms with Gasteiger partial charge in [0.05, 0.1) is 17.2 Å². The van der Waals surface area contributed by atoms with Gasteiger partial charge in [-0.05, 0) is 75.0 Å². The van der Waals surface area contributed by atoms with E-state index in [4.69, 9.17) is 0 Å². The molecule has 3 rings (SSSR count). The first-order valence-corrected chi connectivity index (χ1v) is 12.9. The van der Waals surface area contributed by atoms with E-state index in [9.17, 15) is 14.4 Å². The number of nitrogens with zero attached hydrogens (tertiary/aromatic N) is 1. The summed E-state index contributed by atoms with van der Waals surface area (Å²) in [6.07, 6.45) is 11.5. The van der Waals surface area contributed by atoms with Crippen LogP contribution in [0.5, 0.6) is 0 Å². The zero-order valence-corrected chi connectivity index (χ0v) is 21.4. The zero-order chi connectivity index (χ0) is 25.5. The Bertz CT molecular complexity index is 1050. The molecule has 0 N–H and O–H groups in total. The smallest absolute Gasteiger partial charge is 0.262 e. The second-order valence-electron chi connectivity index (χ2n) is 10.3. The summed E-state index contributed by atoms with van der Waals surface area (Å²) in [4.78, 5) is 39.7. The molecule has 0 bridgehead atoms. The van der Waals surface area contributed by atoms with Crippen LogP contribution in [0.25, 0.3) is 0 Å². The number of hydrogen-bond acceptors (Lipinski definition) is 3. The van der Waals surface area contributed by atoms with E-state index in [0.29, 0.717) is 35.5 Å². The van der Waals surface area contributed by atoms with Crippen molar-refractivity contribution in [1.82, 2.24) is 4.90 Å². The highest BCUT2D eigenvalue weighted by molar-refractivity contribution is 6.22. The van der Waals surface area contributed by atoms with Crippen LogP contribution < -0.4 is 0 Å². The lowest BCUT2D eigenvalue weighted by atomic mass is 9.77. The minimum atomic E-state index is -0.496. The van der Waals surface area contributed by atoms with E-state index in [1.54, 1.807) is 6.07 Å². The molecule has 1 aliphatic heterocycles. The standard InChI is InChI=1S/C31H39NO3/c1-6-21(3)11-13-24-14-16-25(17-15-24)18-19-26-9-8-10-27-29(26)31(35)32(30(27)34)28(22(4)7-2)20-12-23(5)33/h6,8-10,24-25,28H,1-3,11-20H2,4-5H3. The fourth-order valence-electron chi connectivity index (χ4n) is 5.52. The highest BCUT2D eigenvalue weighted by atomic mass is 16.2. The number of hydrogen-bond donors (Lipinski definition) is 0. The lowest BCUT2D eigenvalue weighted by Gasteiger charge is -2.29. The summed E-state index contributed by atoms with van der Waals surface area (Å²) in [6.45, 7) is 14.9. The normalized spacial score (nSPS) is 20.2. The Morgan fingerprint density at radius 3 is 2.34 bits per heavy atom. The molecule has 1 unspecified atom stereocenters. The average Bonchev–Trinajstić information content (AvgIpc) is 3.12. The van der Waals surface area contributed by atoms with Gasteiger partial charge in [-0.2, -0.15) is 0 Å². The SMILES string of the molecule is C=C=C(C)C(CCC(C)=O)N1C(=O)c2cccc(CCC3CCC(CCC(=C)C=C)CC3)c2C1=O. The zero-order valence-electron chi connectivity index (χ0n) is 21.4. The molecule has 1 aromatic rings. The van der Waals surface area contributed by atoms with Crippen molar-refractivity contribution < 1.29 is 14.4 Å². The highest BCUT2D eigenvalue weighted by Crippen LogP contribution is 2.36. The Morgan fingerprint density at radius 1 is 1.09 bits per heavy atom. The third-order valence-corrected chi connectivity index (χ3v) is 7.84. The summed E-state index contributed by atoms with van der Waals surface area (Å²) in [7, 11) is 0. The van der Waals surface area contributed by atoms with Crippen LogP contribution in [-0.2, 0) is 11.2 Å². The Morgan fingerprint density at radius 2 is 1.74 bits per heavy atom. The lowest BCUT2D eigenvalue weighted by molar-refractivity contribution is -0.117. The van der Waals surface area contributed by atoms with Gasteiger partial charge in [0.15, 0.2) is 0 Å². The molecule has 1 atom stereocenters. The largest absolute Gasteiger partial charge is 0.300 e. The molecule has 0 aromatic heterocycles. The second kappa shape index (κ2) is 12.1. The molecular weight excluding hydrogens is 434 g/mol. The first-order valence-electron chi connectivity index (χ1n) is 12.9. The van der Waals surface area contributed by atoms with Gasteiger partial charge in [-0.25, -0.2) is 0 Å². The molecule has 35 heavy (non-hydrogen) atoms. The number of Topliss-reactive ketones (excluding diaryl/α,β-unsaturated/α-hetero) is 1. The third kappa shape index (κ3) is 6.38. The van der Waals surface area contributed by atoms with E-state index in [1.165, 1.54) is 43.9 Å². The quantitative estimate of drug-likeness (QED) is 0.186. The summed E-state index contributed by atoms with van der Waals surface area (Å²) >= 11 is 0. The number of ketones is 1. The molecule has 4 heteroatoms. The van der Waals surface area contributed by atoms with Crippen molar-refractivity contribution in [1.29, 1.82) is 0 Å². The van der Waals surface area contributed by atoms with Crippen molar-refractivity contribution in [3.8, 4) is 0 Å². The second-order valence-corrected chi connectivity index (χ2v) is 10.3. The van der Waals surface area contributed by atoms with Gasteiger partial charge < -0.3 is 4.79 Å². The van der Waals surface area contributed by atoms with Gasteiger partial charge in [0, 0.05) is 6.42 Å².